The maximum Gasteiger partial charge on any atom is 0.345 e. The summed E-state index contributed by atoms with van der Waals surface area (Å²) in [5.41, 5.74) is 10.8. The second-order valence-corrected chi connectivity index (χ2v) is 39.3. The van der Waals surface area contributed by atoms with Crippen molar-refractivity contribution in [2.45, 2.75) is 72.5 Å². The summed E-state index contributed by atoms with van der Waals surface area (Å²) in [5.74, 6) is -0.979. The van der Waals surface area contributed by atoms with Crippen LogP contribution in [0.5, 0.6) is 0 Å². The number of imidazole rings is 4. The first kappa shape index (κ1) is 90.0. The zero-order valence-corrected chi connectivity index (χ0v) is 79.1. The molecule has 34 heteroatoms. The molecule has 0 amide bonds. The molecule has 3 N–H and O–H groups in total. The van der Waals surface area contributed by atoms with Crippen molar-refractivity contribution >= 4 is 138 Å². The molecule has 1 unspecified atom stereocenters. The van der Waals surface area contributed by atoms with Gasteiger partial charge >= 0.3 is 28.1 Å². The van der Waals surface area contributed by atoms with Crippen LogP contribution in [0.4, 0.5) is 37.2 Å². The van der Waals surface area contributed by atoms with E-state index < -0.39 is 22.9 Å². The monoisotopic (exact) mass is 1890 g/mol. The first-order valence-corrected chi connectivity index (χ1v) is 48.1. The number of rotatable bonds is 11. The van der Waals surface area contributed by atoms with Crippen molar-refractivity contribution in [1.82, 2.24) is 68.3 Å². The molecule has 24 rings (SSSR count). The number of hydrogen-bond acceptors (Lipinski definition) is 28. The van der Waals surface area contributed by atoms with E-state index in [1.54, 1.807) is 101 Å². The second-order valence-electron chi connectivity index (χ2n) is 35.7. The van der Waals surface area contributed by atoms with E-state index in [9.17, 15) is 28.4 Å². The predicted molar refractivity (Wildman–Crippen MR) is 538 cm³/mol. The van der Waals surface area contributed by atoms with Gasteiger partial charge in [0.2, 0.25) is 0 Å². The predicted octanol–water partition coefficient (Wildman–Crippen LogP) is 16.3. The highest BCUT2D eigenvalue weighted by molar-refractivity contribution is 7.17. The Hall–Kier alpha value is -13.8. The lowest BCUT2D eigenvalue weighted by atomic mass is 10.1. The molecule has 19 heterocycles. The summed E-state index contributed by atoms with van der Waals surface area (Å²) in [7, 11) is 6.40. The van der Waals surface area contributed by atoms with Gasteiger partial charge in [-0.2, -0.15) is 0 Å². The van der Waals surface area contributed by atoms with Crippen LogP contribution in [0.25, 0.3) is 132 Å². The minimum Gasteiger partial charge on any atom is -0.422 e. The number of aromatic nitrogens is 9. The van der Waals surface area contributed by atoms with Crippen molar-refractivity contribution in [2.75, 3.05) is 150 Å². The highest BCUT2D eigenvalue weighted by atomic mass is 32.1. The Balaban J connectivity index is 0.000000105. The third-order valence-electron chi connectivity index (χ3n) is 25.4. The molecule has 5 aliphatic rings. The van der Waals surface area contributed by atoms with Gasteiger partial charge in [-0.15, -0.1) is 34.0 Å². The van der Waals surface area contributed by atoms with E-state index in [2.05, 4.69) is 119 Å². The maximum absolute atomic E-state index is 15.1. The first-order chi connectivity index (χ1) is 65.8. The molecule has 5 aliphatic heterocycles. The topological polar surface area (TPSA) is 292 Å². The number of piperazine rings is 3. The van der Waals surface area contributed by atoms with E-state index in [0.29, 0.717) is 126 Å². The maximum atomic E-state index is 15.1. The molecule has 696 valence electrons. The average Bonchev–Trinajstić information content (AvgIpc) is 1.72. The Kier molecular flexibility index (Phi) is 25.2. The number of pyridine rings is 2. The van der Waals surface area contributed by atoms with Crippen LogP contribution in [0.1, 0.15) is 46.9 Å². The minimum atomic E-state index is -0.594. The van der Waals surface area contributed by atoms with E-state index in [-0.39, 0.29) is 28.0 Å². The number of fused-ring (bicyclic) bond motifs is 9. The van der Waals surface area contributed by atoms with Gasteiger partial charge in [-0.1, -0.05) is 12.1 Å². The number of likely N-dealkylation sites (N-methyl/N-ethyl adjacent to an activating group) is 2. The van der Waals surface area contributed by atoms with Crippen LogP contribution in [0, 0.1) is 39.3 Å². The zero-order chi connectivity index (χ0) is 93.8. The zero-order valence-electron chi connectivity index (χ0n) is 76.7. The van der Waals surface area contributed by atoms with Gasteiger partial charge in [0, 0.05) is 249 Å². The molecular formula is C102H101F2N19O10S3. The van der Waals surface area contributed by atoms with Crippen LogP contribution in [-0.4, -0.2) is 196 Å². The van der Waals surface area contributed by atoms with Gasteiger partial charge in [-0.25, -0.2) is 52.7 Å². The fourth-order valence-electron chi connectivity index (χ4n) is 18.5. The molecule has 5 aromatic carbocycles. The molecule has 14 aromatic heterocycles. The van der Waals surface area contributed by atoms with Crippen molar-refractivity contribution in [3.63, 3.8) is 0 Å². The van der Waals surface area contributed by atoms with Crippen LogP contribution in [0.2, 0.25) is 0 Å². The lowest BCUT2D eigenvalue weighted by Crippen LogP contribution is -2.54. The second kappa shape index (κ2) is 38.1. The Morgan fingerprint density at radius 3 is 1.27 bits per heavy atom. The van der Waals surface area contributed by atoms with Crippen LogP contribution >= 0.6 is 34.0 Å². The van der Waals surface area contributed by atoms with E-state index in [1.807, 2.05) is 165 Å². The standard InChI is InChI=1S/C21H19FN4O2.3C21H22N4O2S.C18H16FN3O2/c1-13-2-5-18-24-16(12-26(18)11-13)15-10-14-3-4-17(25-8-6-23-7-9-25)19(22)20(14)28-21(15)27;1-12-8-24(9-13(2)22-12)16-5-4-15-6-17(20(26)27-19(15)7-16)18-11-25-10-14(3)28-21(25)23-18;1-13-10-25-12-18(22-21(25)28-13)17-8-14-4-5-15(9-19(14)27-20(17)26)24-7-6-16(11-24)23(2)3;1-14-12-25-13-18(22-21(25)28-14)17-10-15-4-5-16(11-19(15)27-20(17)26)24-7-3-6-23(2)8-9-24;19-16-15(22-9-7-20-8-10-22)5-4-12-11-13(18(23)24-17(12)16)14-3-1-2-6-21-14/h2-5,10-12,23H,6-9H2,1H3;4-7,10-13,22H,8-9H2,1-3H3;4-5,8-10,12,16H,6-7,11H2,1-3H3;4-5,10-13H,3,6-9H2,1-2H3;1-6,11,20H,7-10H2/t;12-,13+;;;. The van der Waals surface area contributed by atoms with Crippen molar-refractivity contribution in [1.29, 1.82) is 0 Å². The van der Waals surface area contributed by atoms with Gasteiger partial charge in [0.15, 0.2) is 37.7 Å². The van der Waals surface area contributed by atoms with Gasteiger partial charge in [-0.3, -0.25) is 18.2 Å². The number of benzene rings is 5. The molecule has 19 aromatic rings. The fraction of sp³-hybridized carbons (Fsp3) is 0.294. The summed E-state index contributed by atoms with van der Waals surface area (Å²) in [4.78, 5) is 107. The van der Waals surface area contributed by atoms with Crippen molar-refractivity contribution in [3.8, 4) is 56.3 Å². The van der Waals surface area contributed by atoms with Gasteiger partial charge in [0.25, 0.3) is 0 Å². The summed E-state index contributed by atoms with van der Waals surface area (Å²) in [6.07, 6.45) is 19.3. The summed E-state index contributed by atoms with van der Waals surface area (Å²) in [5, 5.41) is 13.8. The molecule has 5 saturated heterocycles. The number of nitrogens with one attached hydrogen (secondary N) is 3. The number of halogens is 2. The van der Waals surface area contributed by atoms with Gasteiger partial charge in [0.1, 0.15) is 22.4 Å². The molecule has 0 bridgehead atoms. The Labute approximate surface area is 790 Å². The highest BCUT2D eigenvalue weighted by Gasteiger charge is 2.29. The highest BCUT2D eigenvalue weighted by Crippen LogP contribution is 2.37. The van der Waals surface area contributed by atoms with Crippen LogP contribution in [-0.2, 0) is 0 Å². The van der Waals surface area contributed by atoms with Crippen LogP contribution in [0.15, 0.2) is 241 Å². The SMILES string of the molecule is Cc1ccc2nc(-c3cc4ccc(N5CCNCC5)c(F)c4oc3=O)cn2c1.Cc1cn2cc(-c3cc4ccc(N5CCC(N(C)C)C5)cc4oc3=O)nc2s1.Cc1cn2cc(-c3cc4ccc(N5CCCN(C)CC5)cc4oc3=O)nc2s1.Cc1cn2cc(-c3cc4ccc(N5C[C@@H](C)N[C@@H](C)C5)cc4oc3=O)nc2s1.O=c1oc2c(F)c(N3CCNCC3)ccc2cc1-c1ccccn1. The minimum absolute atomic E-state index is 0.00397. The lowest BCUT2D eigenvalue weighted by molar-refractivity contribution is 0.315. The van der Waals surface area contributed by atoms with Crippen molar-refractivity contribution in [3.05, 3.63) is 279 Å². The van der Waals surface area contributed by atoms with Gasteiger partial charge in [-0.05, 0) is 197 Å². The van der Waals surface area contributed by atoms with Crippen molar-refractivity contribution < 1.29 is 30.9 Å². The van der Waals surface area contributed by atoms with Gasteiger partial charge < -0.3 is 76.7 Å². The first-order valence-electron chi connectivity index (χ1n) is 45.6. The largest absolute Gasteiger partial charge is 0.422 e. The molecule has 136 heavy (non-hydrogen) atoms. The average molecular weight is 1890 g/mol. The molecule has 0 aliphatic carbocycles. The van der Waals surface area contributed by atoms with E-state index in [0.717, 1.165) is 164 Å². The number of hydrogen-bond donors (Lipinski definition) is 3. The number of nitrogens with zero attached hydrogens (tertiary/aromatic N) is 16. The van der Waals surface area contributed by atoms with Crippen molar-refractivity contribution in [2.24, 2.45) is 0 Å². The summed E-state index contributed by atoms with van der Waals surface area (Å²) < 4.78 is 65.4. The fourth-order valence-corrected chi connectivity index (χ4v) is 20.9. The van der Waals surface area contributed by atoms with E-state index in [4.69, 9.17) is 22.1 Å². The van der Waals surface area contributed by atoms with E-state index in [1.165, 1.54) is 14.6 Å². The Morgan fingerprint density at radius 1 is 0.397 bits per heavy atom. The summed E-state index contributed by atoms with van der Waals surface area (Å²) >= 11 is 4.82. The number of aryl methyl sites for hydroxylation is 4. The quantitative estimate of drug-likeness (QED) is 0.101. The summed E-state index contributed by atoms with van der Waals surface area (Å²) in [6, 6.07) is 44.9. The smallest absolute Gasteiger partial charge is 0.345 e. The normalized spacial score (nSPS) is 16.8. The van der Waals surface area contributed by atoms with E-state index >= 15 is 4.39 Å². The molecular weight excluding hydrogens is 1790 g/mol. The Bertz CT molecular complexity index is 7950. The molecule has 0 saturated carbocycles. The molecule has 3 atom stereocenters. The molecule has 29 nitrogen and oxygen atoms in total. The van der Waals surface area contributed by atoms with Crippen LogP contribution in [0.3, 0.4) is 0 Å². The number of thiazole rings is 3. The summed E-state index contributed by atoms with van der Waals surface area (Å²) in [6.45, 7) is 26.6. The Morgan fingerprint density at radius 2 is 0.824 bits per heavy atom. The molecule has 5 fully saturated rings. The third-order valence-corrected chi connectivity index (χ3v) is 28.2. The molecule has 0 spiro atoms. The lowest BCUT2D eigenvalue weighted by Gasteiger charge is -2.37. The van der Waals surface area contributed by atoms with Crippen LogP contribution < -0.4 is 68.6 Å². The third kappa shape index (κ3) is 18.9. The number of anilines is 5. The molecule has 0 radical (unpaired) electrons. The van der Waals surface area contributed by atoms with Gasteiger partial charge in [0.05, 0.1) is 67.7 Å².